The van der Waals surface area contributed by atoms with Crippen LogP contribution in [0.2, 0.25) is 0 Å². The summed E-state index contributed by atoms with van der Waals surface area (Å²) in [7, 11) is 0. The van der Waals surface area contributed by atoms with Gasteiger partial charge in [0.05, 0.1) is 6.61 Å². The van der Waals surface area contributed by atoms with E-state index < -0.39 is 0 Å². The first-order chi connectivity index (χ1) is 8.79. The van der Waals surface area contributed by atoms with Crippen LogP contribution in [0.4, 0.5) is 0 Å². The fourth-order valence-electron chi connectivity index (χ4n) is 3.23. The highest BCUT2D eigenvalue weighted by atomic mass is 35.5. The monoisotopic (exact) mass is 265 g/mol. The lowest BCUT2D eigenvalue weighted by Gasteiger charge is -2.27. The molecule has 1 fully saturated rings. The second-order valence-electron chi connectivity index (χ2n) is 5.53. The zero-order valence-electron chi connectivity index (χ0n) is 10.8. The number of ether oxygens (including phenoxy) is 1. The van der Waals surface area contributed by atoms with Crippen LogP contribution < -0.4 is 4.74 Å². The number of para-hydroxylation sites is 1. The van der Waals surface area contributed by atoms with Crippen molar-refractivity contribution >= 4 is 11.6 Å². The molecule has 3 rings (SSSR count). The lowest BCUT2D eigenvalue weighted by Crippen LogP contribution is -2.37. The molecule has 3 heteroatoms. The third-order valence-electron chi connectivity index (χ3n) is 4.41. The molecule has 1 aromatic rings. The van der Waals surface area contributed by atoms with Crippen LogP contribution in [0.3, 0.4) is 0 Å². The molecule has 18 heavy (non-hydrogen) atoms. The first-order valence-electron chi connectivity index (χ1n) is 6.81. The molecule has 0 amide bonds. The van der Waals surface area contributed by atoms with Gasteiger partial charge in [0.25, 0.3) is 0 Å². The molecule has 3 atom stereocenters. The Bertz CT molecular complexity index is 423. The van der Waals surface area contributed by atoms with Gasteiger partial charge in [0.1, 0.15) is 5.75 Å². The standard InChI is InChI=1S/C15H20ClNO/c1-11-6-7-17(14(11)8-16)9-12-10-18-15-5-3-2-4-13(12)15/h2-5,11-12,14H,6-10H2,1H3. The van der Waals surface area contributed by atoms with Crippen LogP contribution in [-0.4, -0.2) is 36.5 Å². The first-order valence-corrected chi connectivity index (χ1v) is 7.34. The van der Waals surface area contributed by atoms with Crippen LogP contribution in [0.5, 0.6) is 5.75 Å². The highest BCUT2D eigenvalue weighted by Crippen LogP contribution is 2.36. The van der Waals surface area contributed by atoms with Gasteiger partial charge in [-0.3, -0.25) is 4.90 Å². The summed E-state index contributed by atoms with van der Waals surface area (Å²) in [6, 6.07) is 8.95. The van der Waals surface area contributed by atoms with E-state index in [0.29, 0.717) is 12.0 Å². The van der Waals surface area contributed by atoms with Gasteiger partial charge in [-0.2, -0.15) is 0 Å². The van der Waals surface area contributed by atoms with Gasteiger partial charge in [0.2, 0.25) is 0 Å². The third kappa shape index (κ3) is 2.12. The summed E-state index contributed by atoms with van der Waals surface area (Å²) >= 11 is 6.11. The van der Waals surface area contributed by atoms with Gasteiger partial charge in [-0.25, -0.2) is 0 Å². The average Bonchev–Trinajstić information content (AvgIpc) is 2.95. The molecular formula is C15H20ClNO. The van der Waals surface area contributed by atoms with Crippen LogP contribution in [0.25, 0.3) is 0 Å². The number of likely N-dealkylation sites (tertiary alicyclic amines) is 1. The van der Waals surface area contributed by atoms with E-state index in [1.807, 2.05) is 6.07 Å². The number of nitrogens with zero attached hydrogens (tertiary/aromatic N) is 1. The van der Waals surface area contributed by atoms with Gasteiger partial charge in [-0.1, -0.05) is 25.1 Å². The largest absolute Gasteiger partial charge is 0.493 e. The Morgan fingerprint density at radius 3 is 3.06 bits per heavy atom. The van der Waals surface area contributed by atoms with Gasteiger partial charge in [0.15, 0.2) is 0 Å². The van der Waals surface area contributed by atoms with Crippen molar-refractivity contribution in [3.8, 4) is 5.75 Å². The summed E-state index contributed by atoms with van der Waals surface area (Å²) in [6.07, 6.45) is 1.27. The average molecular weight is 266 g/mol. The van der Waals surface area contributed by atoms with Gasteiger partial charge in [-0.15, -0.1) is 11.6 Å². The van der Waals surface area contributed by atoms with Crippen molar-refractivity contribution in [3.05, 3.63) is 29.8 Å². The molecule has 98 valence electrons. The van der Waals surface area contributed by atoms with Crippen molar-refractivity contribution in [1.29, 1.82) is 0 Å². The summed E-state index contributed by atoms with van der Waals surface area (Å²) in [4.78, 5) is 2.55. The van der Waals surface area contributed by atoms with Gasteiger partial charge in [-0.05, 0) is 24.9 Å². The van der Waals surface area contributed by atoms with Crippen LogP contribution in [0, 0.1) is 5.92 Å². The summed E-state index contributed by atoms with van der Waals surface area (Å²) in [5, 5.41) is 0. The van der Waals surface area contributed by atoms with Crippen LogP contribution in [0.15, 0.2) is 24.3 Å². The Hall–Kier alpha value is -0.730. The first kappa shape index (κ1) is 12.3. The Morgan fingerprint density at radius 2 is 2.22 bits per heavy atom. The number of hydrogen-bond acceptors (Lipinski definition) is 2. The van der Waals surface area contributed by atoms with Gasteiger partial charge >= 0.3 is 0 Å². The summed E-state index contributed by atoms with van der Waals surface area (Å²) in [5.41, 5.74) is 1.37. The summed E-state index contributed by atoms with van der Waals surface area (Å²) in [5.74, 6) is 3.05. The fraction of sp³-hybridized carbons (Fsp3) is 0.600. The number of alkyl halides is 1. The molecule has 2 aliphatic heterocycles. The quantitative estimate of drug-likeness (QED) is 0.779. The summed E-state index contributed by atoms with van der Waals surface area (Å²) < 4.78 is 5.76. The minimum atomic E-state index is 0.511. The van der Waals surface area contributed by atoms with Crippen LogP contribution in [0.1, 0.15) is 24.8 Å². The second kappa shape index (κ2) is 5.10. The van der Waals surface area contributed by atoms with E-state index in [4.69, 9.17) is 16.3 Å². The molecule has 2 aliphatic rings. The molecule has 2 heterocycles. The maximum atomic E-state index is 6.11. The SMILES string of the molecule is CC1CCN(CC2COc3ccccc32)C1CCl. The highest BCUT2D eigenvalue weighted by molar-refractivity contribution is 6.18. The Labute approximate surface area is 114 Å². The van der Waals surface area contributed by atoms with E-state index in [9.17, 15) is 0 Å². The molecule has 3 unspecified atom stereocenters. The topological polar surface area (TPSA) is 12.5 Å². The molecule has 0 bridgehead atoms. The van der Waals surface area contributed by atoms with Crippen molar-refractivity contribution in [2.75, 3.05) is 25.6 Å². The number of fused-ring (bicyclic) bond motifs is 1. The minimum Gasteiger partial charge on any atom is -0.493 e. The molecule has 1 saturated heterocycles. The Morgan fingerprint density at radius 1 is 1.39 bits per heavy atom. The zero-order chi connectivity index (χ0) is 12.5. The van der Waals surface area contributed by atoms with Crippen LogP contribution in [-0.2, 0) is 0 Å². The zero-order valence-corrected chi connectivity index (χ0v) is 11.6. The van der Waals surface area contributed by atoms with E-state index in [-0.39, 0.29) is 0 Å². The highest BCUT2D eigenvalue weighted by Gasteiger charge is 2.34. The summed E-state index contributed by atoms with van der Waals surface area (Å²) in [6.45, 7) is 5.39. The third-order valence-corrected chi connectivity index (χ3v) is 4.73. The van der Waals surface area contributed by atoms with E-state index in [0.717, 1.165) is 30.7 Å². The predicted molar refractivity (Wildman–Crippen MR) is 74.5 cm³/mol. The molecule has 0 aliphatic carbocycles. The fourth-order valence-corrected chi connectivity index (χ4v) is 3.73. The van der Waals surface area contributed by atoms with E-state index >= 15 is 0 Å². The molecule has 0 aromatic heterocycles. The molecule has 0 spiro atoms. The lowest BCUT2D eigenvalue weighted by molar-refractivity contribution is 0.217. The van der Waals surface area contributed by atoms with Crippen LogP contribution >= 0.6 is 11.6 Å². The molecule has 1 aromatic carbocycles. The molecule has 2 nitrogen and oxygen atoms in total. The number of hydrogen-bond donors (Lipinski definition) is 0. The number of benzene rings is 1. The second-order valence-corrected chi connectivity index (χ2v) is 5.84. The minimum absolute atomic E-state index is 0.511. The number of halogens is 1. The molecule has 0 radical (unpaired) electrons. The lowest BCUT2D eigenvalue weighted by atomic mass is 10.00. The van der Waals surface area contributed by atoms with Crippen molar-refractivity contribution < 1.29 is 4.74 Å². The molecule has 0 N–H and O–H groups in total. The van der Waals surface area contributed by atoms with E-state index in [1.165, 1.54) is 18.5 Å². The van der Waals surface area contributed by atoms with Crippen molar-refractivity contribution in [3.63, 3.8) is 0 Å². The molecular weight excluding hydrogens is 246 g/mol. The Balaban J connectivity index is 1.71. The van der Waals surface area contributed by atoms with E-state index in [1.54, 1.807) is 0 Å². The van der Waals surface area contributed by atoms with Gasteiger partial charge < -0.3 is 4.74 Å². The van der Waals surface area contributed by atoms with E-state index in [2.05, 4.69) is 30.0 Å². The van der Waals surface area contributed by atoms with Crippen molar-refractivity contribution in [1.82, 2.24) is 4.90 Å². The maximum absolute atomic E-state index is 6.11. The molecule has 0 saturated carbocycles. The smallest absolute Gasteiger partial charge is 0.122 e. The normalized spacial score (nSPS) is 31.3. The maximum Gasteiger partial charge on any atom is 0.122 e. The van der Waals surface area contributed by atoms with Gasteiger partial charge in [0, 0.05) is 29.9 Å². The van der Waals surface area contributed by atoms with Crippen molar-refractivity contribution in [2.24, 2.45) is 5.92 Å². The Kier molecular flexibility index (Phi) is 3.49. The van der Waals surface area contributed by atoms with Crippen molar-refractivity contribution in [2.45, 2.75) is 25.3 Å². The predicted octanol–water partition coefficient (Wildman–Crippen LogP) is 3.11. The number of rotatable bonds is 3.